The zero-order valence-corrected chi connectivity index (χ0v) is 12.1. The summed E-state index contributed by atoms with van der Waals surface area (Å²) >= 11 is 0. The predicted octanol–water partition coefficient (Wildman–Crippen LogP) is 3.56. The van der Waals surface area contributed by atoms with Gasteiger partial charge in [-0.2, -0.15) is 0 Å². The summed E-state index contributed by atoms with van der Waals surface area (Å²) in [5, 5.41) is 0. The average molecular weight is 288 g/mol. The van der Waals surface area contributed by atoms with E-state index in [-0.39, 0.29) is 19.0 Å². The number of esters is 1. The maximum Gasteiger partial charge on any atom is 0.344 e. The fourth-order valence-electron chi connectivity index (χ4n) is 1.81. The van der Waals surface area contributed by atoms with E-state index >= 15 is 0 Å². The Bertz CT molecular complexity index is 638. The van der Waals surface area contributed by atoms with Crippen molar-refractivity contribution in [3.8, 4) is 5.75 Å². The first-order valence-corrected chi connectivity index (χ1v) is 6.65. The number of hydrogen-bond donors (Lipinski definition) is 0. The monoisotopic (exact) mass is 288 g/mol. The lowest BCUT2D eigenvalue weighted by atomic mass is 10.1. The van der Waals surface area contributed by atoms with E-state index in [2.05, 4.69) is 0 Å². The van der Waals surface area contributed by atoms with Crippen molar-refractivity contribution in [2.45, 2.75) is 20.5 Å². The molecule has 0 spiro atoms. The van der Waals surface area contributed by atoms with Crippen molar-refractivity contribution in [3.05, 3.63) is 65.0 Å². The van der Waals surface area contributed by atoms with E-state index in [4.69, 9.17) is 9.47 Å². The highest BCUT2D eigenvalue weighted by atomic mass is 19.1. The van der Waals surface area contributed by atoms with Crippen LogP contribution in [0.3, 0.4) is 0 Å². The minimum atomic E-state index is -0.529. The van der Waals surface area contributed by atoms with Crippen LogP contribution in [0.5, 0.6) is 5.75 Å². The van der Waals surface area contributed by atoms with Crippen molar-refractivity contribution >= 4 is 5.97 Å². The van der Waals surface area contributed by atoms with Crippen LogP contribution in [0.1, 0.15) is 16.7 Å². The Morgan fingerprint density at radius 1 is 1.14 bits per heavy atom. The van der Waals surface area contributed by atoms with Crippen LogP contribution in [0.2, 0.25) is 0 Å². The largest absolute Gasteiger partial charge is 0.482 e. The van der Waals surface area contributed by atoms with Gasteiger partial charge < -0.3 is 9.47 Å². The van der Waals surface area contributed by atoms with Gasteiger partial charge >= 0.3 is 5.97 Å². The molecule has 0 saturated heterocycles. The van der Waals surface area contributed by atoms with Crippen molar-refractivity contribution in [2.24, 2.45) is 0 Å². The summed E-state index contributed by atoms with van der Waals surface area (Å²) in [6, 6.07) is 11.9. The van der Waals surface area contributed by atoms with Gasteiger partial charge in [0.15, 0.2) is 6.61 Å². The molecule has 0 aliphatic carbocycles. The standard InChI is InChI=1S/C17H17FO3/c1-12-7-8-13(2)16(9-12)20-11-17(19)21-10-14-5-3-4-6-15(14)18/h3-9H,10-11H2,1-2H3. The topological polar surface area (TPSA) is 35.5 Å². The third kappa shape index (κ3) is 4.31. The minimum Gasteiger partial charge on any atom is -0.482 e. The molecule has 4 heteroatoms. The molecule has 0 N–H and O–H groups in total. The quantitative estimate of drug-likeness (QED) is 0.789. The minimum absolute atomic E-state index is 0.0956. The Labute approximate surface area is 123 Å². The molecule has 2 aromatic carbocycles. The molecule has 21 heavy (non-hydrogen) atoms. The van der Waals surface area contributed by atoms with Crippen LogP contribution in [0, 0.1) is 19.7 Å². The van der Waals surface area contributed by atoms with E-state index in [0.717, 1.165) is 11.1 Å². The Kier molecular flexibility index (Phi) is 4.93. The predicted molar refractivity (Wildman–Crippen MR) is 77.6 cm³/mol. The first-order valence-electron chi connectivity index (χ1n) is 6.65. The zero-order valence-electron chi connectivity index (χ0n) is 12.1. The van der Waals surface area contributed by atoms with Gasteiger partial charge in [0, 0.05) is 5.56 Å². The van der Waals surface area contributed by atoms with Gasteiger partial charge in [0.1, 0.15) is 18.2 Å². The first-order chi connectivity index (χ1) is 10.1. The second kappa shape index (κ2) is 6.88. The van der Waals surface area contributed by atoms with Crippen molar-refractivity contribution < 1.29 is 18.7 Å². The third-order valence-electron chi connectivity index (χ3n) is 3.04. The van der Waals surface area contributed by atoms with Crippen molar-refractivity contribution in [3.63, 3.8) is 0 Å². The number of ether oxygens (including phenoxy) is 2. The Morgan fingerprint density at radius 2 is 1.90 bits per heavy atom. The van der Waals surface area contributed by atoms with E-state index in [1.165, 1.54) is 6.07 Å². The number of rotatable bonds is 5. The van der Waals surface area contributed by atoms with E-state index in [1.54, 1.807) is 18.2 Å². The molecule has 0 saturated carbocycles. The highest BCUT2D eigenvalue weighted by molar-refractivity contribution is 5.71. The molecule has 0 amide bonds. The second-order valence-electron chi connectivity index (χ2n) is 4.81. The fourth-order valence-corrected chi connectivity index (χ4v) is 1.81. The maximum absolute atomic E-state index is 13.4. The maximum atomic E-state index is 13.4. The van der Waals surface area contributed by atoms with Crippen LogP contribution in [0.15, 0.2) is 42.5 Å². The summed E-state index contributed by atoms with van der Waals surface area (Å²) < 4.78 is 23.8. The summed E-state index contributed by atoms with van der Waals surface area (Å²) in [6.45, 7) is 3.56. The third-order valence-corrected chi connectivity index (χ3v) is 3.04. The molecular formula is C17H17FO3. The van der Waals surface area contributed by atoms with Gasteiger partial charge in [-0.15, -0.1) is 0 Å². The van der Waals surface area contributed by atoms with Crippen LogP contribution in [-0.2, 0) is 16.1 Å². The summed E-state index contributed by atoms with van der Waals surface area (Å²) in [5.74, 6) is -0.266. The van der Waals surface area contributed by atoms with Crippen LogP contribution in [-0.4, -0.2) is 12.6 Å². The fraction of sp³-hybridized carbons (Fsp3) is 0.235. The van der Waals surface area contributed by atoms with Gasteiger partial charge in [-0.3, -0.25) is 0 Å². The molecule has 0 aromatic heterocycles. The van der Waals surface area contributed by atoms with Gasteiger partial charge in [0.25, 0.3) is 0 Å². The molecule has 0 atom stereocenters. The van der Waals surface area contributed by atoms with Crippen LogP contribution >= 0.6 is 0 Å². The number of carbonyl (C=O) groups excluding carboxylic acids is 1. The van der Waals surface area contributed by atoms with Gasteiger partial charge in [-0.05, 0) is 37.1 Å². The van der Waals surface area contributed by atoms with Crippen molar-refractivity contribution in [2.75, 3.05) is 6.61 Å². The van der Waals surface area contributed by atoms with Gasteiger partial charge in [-0.25, -0.2) is 9.18 Å². The highest BCUT2D eigenvalue weighted by Gasteiger charge is 2.08. The van der Waals surface area contributed by atoms with Crippen molar-refractivity contribution in [1.29, 1.82) is 0 Å². The first kappa shape index (κ1) is 15.0. The van der Waals surface area contributed by atoms with E-state index < -0.39 is 5.97 Å². The Balaban J connectivity index is 1.85. The molecule has 0 heterocycles. The number of carbonyl (C=O) groups is 1. The van der Waals surface area contributed by atoms with E-state index in [9.17, 15) is 9.18 Å². The van der Waals surface area contributed by atoms with Crippen LogP contribution in [0.25, 0.3) is 0 Å². The number of benzene rings is 2. The summed E-state index contributed by atoms with van der Waals surface area (Å²) in [7, 11) is 0. The summed E-state index contributed by atoms with van der Waals surface area (Å²) in [6.07, 6.45) is 0. The highest BCUT2D eigenvalue weighted by Crippen LogP contribution is 2.19. The Morgan fingerprint density at radius 3 is 2.67 bits per heavy atom. The molecular weight excluding hydrogens is 271 g/mol. The molecule has 0 unspecified atom stereocenters. The molecule has 0 bridgehead atoms. The van der Waals surface area contributed by atoms with Crippen LogP contribution in [0.4, 0.5) is 4.39 Å². The molecule has 2 rings (SSSR count). The van der Waals surface area contributed by atoms with Gasteiger partial charge in [0.05, 0.1) is 0 Å². The van der Waals surface area contributed by atoms with E-state index in [0.29, 0.717) is 11.3 Å². The second-order valence-corrected chi connectivity index (χ2v) is 4.81. The van der Waals surface area contributed by atoms with Crippen LogP contribution < -0.4 is 4.74 Å². The zero-order chi connectivity index (χ0) is 15.2. The Hall–Kier alpha value is -2.36. The number of halogens is 1. The lowest BCUT2D eigenvalue weighted by Gasteiger charge is -2.10. The van der Waals surface area contributed by atoms with Crippen molar-refractivity contribution in [1.82, 2.24) is 0 Å². The molecule has 0 fully saturated rings. The summed E-state index contributed by atoms with van der Waals surface area (Å²) in [5.41, 5.74) is 2.34. The number of aryl methyl sites for hydroxylation is 2. The molecule has 0 aliphatic heterocycles. The molecule has 3 nitrogen and oxygen atoms in total. The molecule has 2 aromatic rings. The molecule has 0 aliphatic rings. The van der Waals surface area contributed by atoms with Gasteiger partial charge in [-0.1, -0.05) is 30.3 Å². The summed E-state index contributed by atoms with van der Waals surface area (Å²) in [4.78, 5) is 11.6. The lowest BCUT2D eigenvalue weighted by molar-refractivity contribution is -0.147. The average Bonchev–Trinajstić information content (AvgIpc) is 2.47. The van der Waals surface area contributed by atoms with E-state index in [1.807, 2.05) is 32.0 Å². The molecule has 0 radical (unpaired) electrons. The lowest BCUT2D eigenvalue weighted by Crippen LogP contribution is -2.15. The molecule has 110 valence electrons. The SMILES string of the molecule is Cc1ccc(C)c(OCC(=O)OCc2ccccc2F)c1. The van der Waals surface area contributed by atoms with Gasteiger partial charge in [0.2, 0.25) is 0 Å². The number of hydrogen-bond acceptors (Lipinski definition) is 3. The normalized spacial score (nSPS) is 10.2. The smallest absolute Gasteiger partial charge is 0.344 e.